The lowest BCUT2D eigenvalue weighted by molar-refractivity contribution is 0.415. The molecule has 3 nitrogen and oxygen atoms in total. The molecule has 0 aliphatic carbocycles. The fourth-order valence-corrected chi connectivity index (χ4v) is 1.95. The monoisotopic (exact) mass is 252 g/mol. The van der Waals surface area contributed by atoms with Gasteiger partial charge in [0.25, 0.3) is 0 Å². The summed E-state index contributed by atoms with van der Waals surface area (Å²) >= 11 is 0. The predicted molar refractivity (Wildman–Crippen MR) is 76.3 cm³/mol. The molecule has 0 aromatic heterocycles. The van der Waals surface area contributed by atoms with Crippen molar-refractivity contribution in [2.24, 2.45) is 0 Å². The third-order valence-corrected chi connectivity index (χ3v) is 2.97. The minimum Gasteiger partial charge on any atom is -0.497 e. The third-order valence-electron chi connectivity index (χ3n) is 2.97. The molecule has 0 heterocycles. The van der Waals surface area contributed by atoms with Gasteiger partial charge in [-0.05, 0) is 29.8 Å². The zero-order valence-electron chi connectivity index (χ0n) is 11.1. The molecule has 0 N–H and O–H groups in total. The normalized spacial score (nSPS) is 9.74. The van der Waals surface area contributed by atoms with Crippen LogP contribution in [0.25, 0.3) is 0 Å². The van der Waals surface area contributed by atoms with Crippen LogP contribution in [-0.4, -0.2) is 14.2 Å². The Kier molecular flexibility index (Phi) is 4.04. The van der Waals surface area contributed by atoms with E-state index in [1.807, 2.05) is 55.6 Å². The van der Waals surface area contributed by atoms with Gasteiger partial charge < -0.3 is 9.64 Å². The molecule has 0 saturated heterocycles. The number of ether oxygens (including phenoxy) is 1. The average molecular weight is 252 g/mol. The summed E-state index contributed by atoms with van der Waals surface area (Å²) in [6.07, 6.45) is 0. The lowest BCUT2D eigenvalue weighted by atomic mass is 10.1. The van der Waals surface area contributed by atoms with Crippen LogP contribution in [0.5, 0.6) is 5.75 Å². The van der Waals surface area contributed by atoms with Crippen LogP contribution in [0.2, 0.25) is 0 Å². The number of hydrogen-bond donors (Lipinski definition) is 0. The molecule has 96 valence electrons. The fourth-order valence-electron chi connectivity index (χ4n) is 1.95. The van der Waals surface area contributed by atoms with Crippen LogP contribution in [0.1, 0.15) is 11.1 Å². The molecule has 2 aromatic carbocycles. The lowest BCUT2D eigenvalue weighted by Crippen LogP contribution is -2.16. The molecule has 0 bridgehead atoms. The number of hydrogen-bond acceptors (Lipinski definition) is 3. The topological polar surface area (TPSA) is 36.3 Å². The molecular weight excluding hydrogens is 236 g/mol. The second-order valence-electron chi connectivity index (χ2n) is 4.37. The third kappa shape index (κ3) is 3.26. The van der Waals surface area contributed by atoms with E-state index in [0.717, 1.165) is 23.5 Å². The number of nitrogens with zero attached hydrogens (tertiary/aromatic N) is 2. The van der Waals surface area contributed by atoms with Crippen molar-refractivity contribution in [3.8, 4) is 11.8 Å². The highest BCUT2D eigenvalue weighted by Crippen LogP contribution is 2.21. The first kappa shape index (κ1) is 13.0. The molecule has 0 radical (unpaired) electrons. The van der Waals surface area contributed by atoms with Crippen LogP contribution in [0.4, 0.5) is 5.69 Å². The Hall–Kier alpha value is -2.47. The Morgan fingerprint density at radius 2 is 1.95 bits per heavy atom. The number of methoxy groups -OCH3 is 1. The van der Waals surface area contributed by atoms with Gasteiger partial charge in [-0.1, -0.05) is 18.2 Å². The molecule has 2 aromatic rings. The van der Waals surface area contributed by atoms with Crippen molar-refractivity contribution in [2.45, 2.75) is 6.54 Å². The highest BCUT2D eigenvalue weighted by atomic mass is 16.5. The van der Waals surface area contributed by atoms with Gasteiger partial charge in [-0.3, -0.25) is 0 Å². The molecule has 0 fully saturated rings. The average Bonchev–Trinajstić information content (AvgIpc) is 2.47. The lowest BCUT2D eigenvalue weighted by Gasteiger charge is -2.20. The van der Waals surface area contributed by atoms with Crippen molar-refractivity contribution in [3.63, 3.8) is 0 Å². The highest BCUT2D eigenvalue weighted by molar-refractivity contribution is 5.50. The van der Waals surface area contributed by atoms with E-state index in [1.54, 1.807) is 7.11 Å². The van der Waals surface area contributed by atoms with E-state index in [9.17, 15) is 0 Å². The Labute approximate surface area is 113 Å². The van der Waals surface area contributed by atoms with Crippen molar-refractivity contribution < 1.29 is 4.74 Å². The number of anilines is 1. The second kappa shape index (κ2) is 5.92. The zero-order valence-corrected chi connectivity index (χ0v) is 11.1. The minimum atomic E-state index is 0.691. The molecular formula is C16H16N2O. The summed E-state index contributed by atoms with van der Waals surface area (Å²) in [5.74, 6) is 0.843. The van der Waals surface area contributed by atoms with Gasteiger partial charge in [0.05, 0.1) is 18.7 Å². The van der Waals surface area contributed by atoms with Gasteiger partial charge in [0.1, 0.15) is 5.75 Å². The van der Waals surface area contributed by atoms with E-state index < -0.39 is 0 Å². The van der Waals surface area contributed by atoms with E-state index in [1.165, 1.54) is 0 Å². The minimum absolute atomic E-state index is 0.691. The Morgan fingerprint density at radius 3 is 2.68 bits per heavy atom. The smallest absolute Gasteiger partial charge is 0.120 e. The van der Waals surface area contributed by atoms with Gasteiger partial charge in [-0.2, -0.15) is 5.26 Å². The van der Waals surface area contributed by atoms with Crippen LogP contribution < -0.4 is 9.64 Å². The second-order valence-corrected chi connectivity index (χ2v) is 4.37. The van der Waals surface area contributed by atoms with Crippen molar-refractivity contribution in [1.29, 1.82) is 5.26 Å². The first-order chi connectivity index (χ1) is 9.22. The molecule has 0 atom stereocenters. The number of benzene rings is 2. The fraction of sp³-hybridized carbons (Fsp3) is 0.188. The SMILES string of the molecule is COc1cccc(N(C)Cc2cccc(C#N)c2)c1. The van der Waals surface area contributed by atoms with Gasteiger partial charge in [0, 0.05) is 25.3 Å². The predicted octanol–water partition coefficient (Wildman–Crippen LogP) is 3.20. The largest absolute Gasteiger partial charge is 0.497 e. The van der Waals surface area contributed by atoms with Crippen LogP contribution >= 0.6 is 0 Å². The van der Waals surface area contributed by atoms with Gasteiger partial charge in [0.2, 0.25) is 0 Å². The summed E-state index contributed by atoms with van der Waals surface area (Å²) in [6.45, 7) is 0.753. The molecule has 0 aliphatic rings. The molecule has 0 aliphatic heterocycles. The molecule has 19 heavy (non-hydrogen) atoms. The number of rotatable bonds is 4. The van der Waals surface area contributed by atoms with Gasteiger partial charge in [-0.15, -0.1) is 0 Å². The Morgan fingerprint density at radius 1 is 1.16 bits per heavy atom. The van der Waals surface area contributed by atoms with E-state index in [0.29, 0.717) is 5.56 Å². The van der Waals surface area contributed by atoms with Crippen LogP contribution in [0, 0.1) is 11.3 Å². The summed E-state index contributed by atoms with van der Waals surface area (Å²) in [7, 11) is 3.68. The van der Waals surface area contributed by atoms with E-state index >= 15 is 0 Å². The number of nitriles is 1. The Balaban J connectivity index is 2.15. The zero-order chi connectivity index (χ0) is 13.7. The molecule has 0 spiro atoms. The maximum atomic E-state index is 8.90. The summed E-state index contributed by atoms with van der Waals surface area (Å²) in [6, 6.07) is 17.7. The van der Waals surface area contributed by atoms with Crippen molar-refractivity contribution in [1.82, 2.24) is 0 Å². The highest BCUT2D eigenvalue weighted by Gasteiger charge is 2.04. The maximum absolute atomic E-state index is 8.90. The van der Waals surface area contributed by atoms with Gasteiger partial charge in [0.15, 0.2) is 0 Å². The standard InChI is InChI=1S/C16H16N2O/c1-18(15-7-4-8-16(10-15)19-2)12-14-6-3-5-13(9-14)11-17/h3-10H,12H2,1-2H3. The van der Waals surface area contributed by atoms with Crippen LogP contribution in [0.3, 0.4) is 0 Å². The van der Waals surface area contributed by atoms with Gasteiger partial charge in [-0.25, -0.2) is 0 Å². The van der Waals surface area contributed by atoms with Crippen molar-refractivity contribution in [3.05, 3.63) is 59.7 Å². The first-order valence-electron chi connectivity index (χ1n) is 6.07. The summed E-state index contributed by atoms with van der Waals surface area (Å²) in [4.78, 5) is 2.12. The van der Waals surface area contributed by atoms with Gasteiger partial charge >= 0.3 is 0 Å². The summed E-state index contributed by atoms with van der Waals surface area (Å²) < 4.78 is 5.22. The van der Waals surface area contributed by atoms with Crippen molar-refractivity contribution in [2.75, 3.05) is 19.1 Å². The summed E-state index contributed by atoms with van der Waals surface area (Å²) in [5.41, 5.74) is 2.89. The van der Waals surface area contributed by atoms with Crippen LogP contribution in [-0.2, 0) is 6.54 Å². The van der Waals surface area contributed by atoms with E-state index in [4.69, 9.17) is 10.00 Å². The molecule has 2 rings (SSSR count). The first-order valence-corrected chi connectivity index (χ1v) is 6.07. The van der Waals surface area contributed by atoms with E-state index in [2.05, 4.69) is 11.0 Å². The molecule has 3 heteroatoms. The summed E-state index contributed by atoms with van der Waals surface area (Å²) in [5, 5.41) is 8.90. The molecule has 0 amide bonds. The maximum Gasteiger partial charge on any atom is 0.120 e. The molecule has 0 unspecified atom stereocenters. The van der Waals surface area contributed by atoms with Crippen molar-refractivity contribution >= 4 is 5.69 Å². The quantitative estimate of drug-likeness (QED) is 0.838. The molecule has 0 saturated carbocycles. The Bertz CT molecular complexity index is 602. The van der Waals surface area contributed by atoms with Crippen LogP contribution in [0.15, 0.2) is 48.5 Å². The van der Waals surface area contributed by atoms with E-state index in [-0.39, 0.29) is 0 Å².